The maximum absolute atomic E-state index is 6.64. The van der Waals surface area contributed by atoms with Crippen molar-refractivity contribution in [3.05, 3.63) is 0 Å². The molecule has 0 unspecified atom stereocenters. The molecule has 0 bridgehead atoms. The van der Waals surface area contributed by atoms with Crippen molar-refractivity contribution in [1.29, 1.82) is 0 Å². The molecule has 0 spiro atoms. The van der Waals surface area contributed by atoms with Gasteiger partial charge >= 0.3 is 7.12 Å². The van der Waals surface area contributed by atoms with Crippen LogP contribution in [0.5, 0.6) is 0 Å². The van der Waals surface area contributed by atoms with Gasteiger partial charge in [-0.2, -0.15) is 0 Å². The quantitative estimate of drug-likeness (QED) is 0.289. The molecular weight excluding hydrogens is 339 g/mol. The molecule has 0 N–H and O–H groups in total. The van der Waals surface area contributed by atoms with E-state index in [4.69, 9.17) is 13.7 Å². The van der Waals surface area contributed by atoms with Gasteiger partial charge in [0.1, 0.15) is 0 Å². The van der Waals surface area contributed by atoms with Gasteiger partial charge in [-0.15, -0.1) is 0 Å². The fraction of sp³-hybridized carbons (Fsp3) is 1.00. The number of hydrogen-bond acceptors (Lipinski definition) is 3. The summed E-state index contributed by atoms with van der Waals surface area (Å²) in [5.41, 5.74) is 1.61. The van der Waals surface area contributed by atoms with Gasteiger partial charge in [-0.05, 0) is 57.1 Å². The minimum Gasteiger partial charge on any atom is -0.416 e. The van der Waals surface area contributed by atoms with E-state index < -0.39 is 8.32 Å². The first kappa shape index (κ1) is 24.2. The van der Waals surface area contributed by atoms with E-state index >= 15 is 0 Å². The van der Waals surface area contributed by atoms with E-state index in [1.165, 1.54) is 19.3 Å². The van der Waals surface area contributed by atoms with Gasteiger partial charge in [-0.1, -0.05) is 60.8 Å². The first-order valence-electron chi connectivity index (χ1n) is 10.9. The molecule has 0 saturated carbocycles. The molecule has 0 radical (unpaired) electrons. The fourth-order valence-corrected chi connectivity index (χ4v) is 10.1. The minimum atomic E-state index is -1.69. The highest BCUT2D eigenvalue weighted by Crippen LogP contribution is 2.42. The van der Waals surface area contributed by atoms with Crippen LogP contribution in [0.3, 0.4) is 0 Å². The lowest BCUT2D eigenvalue weighted by Gasteiger charge is -2.42. The van der Waals surface area contributed by atoms with Crippen LogP contribution >= 0.6 is 0 Å². The standard InChI is InChI=1S/C21H45BO3Si/c1-17(2)26(18(3)4,19(5)6)23-16-14-12-11-13-15-22-24-20(7,8)21(9,10)25-22/h17-19H,11-16H2,1-10H3. The highest BCUT2D eigenvalue weighted by Gasteiger charge is 2.50. The van der Waals surface area contributed by atoms with Crippen LogP contribution in [-0.2, 0) is 13.7 Å². The van der Waals surface area contributed by atoms with Crippen LogP contribution in [0.2, 0.25) is 22.9 Å². The molecule has 154 valence electrons. The summed E-state index contributed by atoms with van der Waals surface area (Å²) in [6, 6.07) is 0. The summed E-state index contributed by atoms with van der Waals surface area (Å²) in [4.78, 5) is 0. The third-order valence-electron chi connectivity index (χ3n) is 6.70. The maximum Gasteiger partial charge on any atom is 0.457 e. The summed E-state index contributed by atoms with van der Waals surface area (Å²) < 4.78 is 18.8. The highest BCUT2D eigenvalue weighted by molar-refractivity contribution is 6.77. The summed E-state index contributed by atoms with van der Waals surface area (Å²) in [7, 11) is -1.73. The Balaban J connectivity index is 2.27. The van der Waals surface area contributed by atoms with E-state index in [0.29, 0.717) is 16.6 Å². The van der Waals surface area contributed by atoms with Crippen molar-refractivity contribution in [3.63, 3.8) is 0 Å². The van der Waals surface area contributed by atoms with Crippen molar-refractivity contribution in [3.8, 4) is 0 Å². The molecule has 1 aliphatic heterocycles. The van der Waals surface area contributed by atoms with E-state index in [2.05, 4.69) is 69.2 Å². The molecule has 0 amide bonds. The second kappa shape index (κ2) is 9.58. The van der Waals surface area contributed by atoms with Gasteiger partial charge in [-0.25, -0.2) is 0 Å². The summed E-state index contributed by atoms with van der Waals surface area (Å²) in [5, 5.41) is 0. The van der Waals surface area contributed by atoms with Crippen LogP contribution in [0.25, 0.3) is 0 Å². The zero-order valence-corrected chi connectivity index (χ0v) is 20.3. The fourth-order valence-electron chi connectivity index (χ4n) is 4.60. The minimum absolute atomic E-state index is 0.0425. The number of unbranched alkanes of at least 4 members (excludes halogenated alkanes) is 3. The first-order valence-corrected chi connectivity index (χ1v) is 13.0. The van der Waals surface area contributed by atoms with Crippen LogP contribution in [0.4, 0.5) is 0 Å². The molecule has 0 aromatic carbocycles. The van der Waals surface area contributed by atoms with Crippen molar-refractivity contribution in [2.24, 2.45) is 0 Å². The van der Waals surface area contributed by atoms with E-state index in [0.717, 1.165) is 19.3 Å². The highest BCUT2D eigenvalue weighted by atomic mass is 28.4. The predicted molar refractivity (Wildman–Crippen MR) is 116 cm³/mol. The summed E-state index contributed by atoms with van der Waals surface area (Å²) >= 11 is 0. The average molecular weight is 384 g/mol. The number of rotatable bonds is 11. The summed E-state index contributed by atoms with van der Waals surface area (Å²) in [6.45, 7) is 23.6. The molecule has 26 heavy (non-hydrogen) atoms. The SMILES string of the molecule is CC(C)[Si](OCCCCCCB1OC(C)(C)C(C)(C)O1)(C(C)C)C(C)C. The molecule has 1 fully saturated rings. The van der Waals surface area contributed by atoms with Crippen LogP contribution in [0.1, 0.15) is 94.9 Å². The van der Waals surface area contributed by atoms with Crippen molar-refractivity contribution in [2.75, 3.05) is 6.61 Å². The van der Waals surface area contributed by atoms with Crippen LogP contribution in [-0.4, -0.2) is 33.2 Å². The molecule has 5 heteroatoms. The maximum atomic E-state index is 6.64. The van der Waals surface area contributed by atoms with Crippen molar-refractivity contribution in [2.45, 2.75) is 129 Å². The Morgan fingerprint density at radius 2 is 1.15 bits per heavy atom. The zero-order chi connectivity index (χ0) is 20.2. The van der Waals surface area contributed by atoms with Crippen LogP contribution < -0.4 is 0 Å². The van der Waals surface area contributed by atoms with Crippen LogP contribution in [0.15, 0.2) is 0 Å². The zero-order valence-electron chi connectivity index (χ0n) is 19.3. The van der Waals surface area contributed by atoms with E-state index in [1.807, 2.05) is 0 Å². The first-order chi connectivity index (χ1) is 11.9. The van der Waals surface area contributed by atoms with Crippen LogP contribution in [0, 0.1) is 0 Å². The van der Waals surface area contributed by atoms with E-state index in [9.17, 15) is 0 Å². The molecule has 1 heterocycles. The normalized spacial score (nSPS) is 20.0. The lowest BCUT2D eigenvalue weighted by atomic mass is 9.82. The second-order valence-corrected chi connectivity index (χ2v) is 15.5. The Hall–Kier alpha value is 0.162. The third kappa shape index (κ3) is 5.59. The van der Waals surface area contributed by atoms with Crippen molar-refractivity contribution in [1.82, 2.24) is 0 Å². The largest absolute Gasteiger partial charge is 0.457 e. The Bertz CT molecular complexity index is 384. The van der Waals surface area contributed by atoms with E-state index in [-0.39, 0.29) is 18.3 Å². The summed E-state index contributed by atoms with van der Waals surface area (Å²) in [5.74, 6) is 0. The molecule has 1 aliphatic rings. The van der Waals surface area contributed by atoms with Gasteiger partial charge in [0.15, 0.2) is 8.32 Å². The Labute approximate surface area is 165 Å². The molecule has 0 aliphatic carbocycles. The topological polar surface area (TPSA) is 27.7 Å². The predicted octanol–water partition coefficient (Wildman–Crippen LogP) is 6.83. The molecule has 0 aromatic heterocycles. The molecule has 3 nitrogen and oxygen atoms in total. The van der Waals surface area contributed by atoms with Gasteiger partial charge in [0.25, 0.3) is 0 Å². The lowest BCUT2D eigenvalue weighted by Crippen LogP contribution is -2.47. The smallest absolute Gasteiger partial charge is 0.416 e. The molecule has 1 rings (SSSR count). The van der Waals surface area contributed by atoms with Crippen molar-refractivity contribution < 1.29 is 13.7 Å². The third-order valence-corrected chi connectivity index (χ3v) is 12.8. The van der Waals surface area contributed by atoms with Gasteiger partial charge < -0.3 is 13.7 Å². The second-order valence-electron chi connectivity index (χ2n) is 10.1. The molecule has 0 aromatic rings. The average Bonchev–Trinajstić information content (AvgIpc) is 2.68. The Morgan fingerprint density at radius 1 is 0.731 bits per heavy atom. The van der Waals surface area contributed by atoms with Gasteiger partial charge in [0.2, 0.25) is 0 Å². The van der Waals surface area contributed by atoms with E-state index in [1.54, 1.807) is 0 Å². The Kier molecular flexibility index (Phi) is 8.91. The lowest BCUT2D eigenvalue weighted by molar-refractivity contribution is 0.00578. The van der Waals surface area contributed by atoms with Gasteiger partial charge in [-0.3, -0.25) is 0 Å². The molecular formula is C21H45BO3Si. The van der Waals surface area contributed by atoms with Gasteiger partial charge in [0.05, 0.1) is 11.2 Å². The summed E-state index contributed by atoms with van der Waals surface area (Å²) in [6.07, 6.45) is 5.80. The number of hydrogen-bond donors (Lipinski definition) is 0. The van der Waals surface area contributed by atoms with Gasteiger partial charge in [0, 0.05) is 6.61 Å². The molecule has 0 atom stereocenters. The molecule has 1 saturated heterocycles. The monoisotopic (exact) mass is 384 g/mol. The Morgan fingerprint density at radius 3 is 1.58 bits per heavy atom. The van der Waals surface area contributed by atoms with Crippen molar-refractivity contribution >= 4 is 15.4 Å².